The number of nitrogens with one attached hydrogen (secondary N) is 3. The van der Waals surface area contributed by atoms with Gasteiger partial charge in [0.2, 0.25) is 17.7 Å². The quantitative estimate of drug-likeness (QED) is 0.142. The second-order valence-electron chi connectivity index (χ2n) is 9.89. The fraction of sp³-hybridized carbons (Fsp3) is 0.188. The fourth-order valence-electron chi connectivity index (χ4n) is 4.68. The highest BCUT2D eigenvalue weighted by Crippen LogP contribution is 2.32. The summed E-state index contributed by atoms with van der Waals surface area (Å²) in [7, 11) is 0. The maximum absolute atomic E-state index is 12.6. The highest BCUT2D eigenvalue weighted by atomic mass is 32.2. The van der Waals surface area contributed by atoms with Gasteiger partial charge in [-0.15, -0.1) is 23.1 Å². The summed E-state index contributed by atoms with van der Waals surface area (Å²) in [5.41, 5.74) is 6.35. The number of aryl methyl sites for hydroxylation is 3. The van der Waals surface area contributed by atoms with Gasteiger partial charge in [0.15, 0.2) is 4.34 Å². The molecule has 0 aliphatic rings. The van der Waals surface area contributed by atoms with E-state index in [1.54, 1.807) is 0 Å². The zero-order valence-electron chi connectivity index (χ0n) is 23.4. The number of amides is 3. The van der Waals surface area contributed by atoms with Gasteiger partial charge in [-0.05, 0) is 61.5 Å². The summed E-state index contributed by atoms with van der Waals surface area (Å²) < 4.78 is 1.71. The van der Waals surface area contributed by atoms with E-state index in [2.05, 4.69) is 33.1 Å². The molecular weight excluding hydrogens is 585 g/mol. The lowest BCUT2D eigenvalue weighted by Gasteiger charge is -2.12. The molecule has 214 valence electrons. The molecule has 0 aliphatic carbocycles. The van der Waals surface area contributed by atoms with Crippen molar-refractivity contribution in [2.24, 2.45) is 0 Å². The van der Waals surface area contributed by atoms with Crippen LogP contribution in [0.25, 0.3) is 21.0 Å². The second kappa shape index (κ2) is 13.4. The minimum Gasteiger partial charge on any atom is -0.325 e. The van der Waals surface area contributed by atoms with Crippen molar-refractivity contribution in [2.45, 2.75) is 25.1 Å². The number of thioether (sulfide) groups is 2. The third-order valence-electron chi connectivity index (χ3n) is 6.45. The van der Waals surface area contributed by atoms with Crippen molar-refractivity contribution >= 4 is 90.6 Å². The van der Waals surface area contributed by atoms with E-state index in [1.165, 1.54) is 40.4 Å². The molecule has 4 aromatic carbocycles. The van der Waals surface area contributed by atoms with Gasteiger partial charge >= 0.3 is 0 Å². The van der Waals surface area contributed by atoms with Crippen molar-refractivity contribution in [3.8, 4) is 0 Å². The van der Waals surface area contributed by atoms with Gasteiger partial charge in [0.05, 0.1) is 27.5 Å². The zero-order valence-corrected chi connectivity index (χ0v) is 25.9. The number of benzene rings is 4. The topological polar surface area (TPSA) is 100 Å². The molecule has 0 saturated heterocycles. The molecule has 7 nitrogen and oxygen atoms in total. The van der Waals surface area contributed by atoms with Crippen molar-refractivity contribution in [1.82, 2.24) is 4.98 Å². The minimum absolute atomic E-state index is 0.0782. The van der Waals surface area contributed by atoms with E-state index >= 15 is 0 Å². The number of aromatic nitrogens is 1. The molecule has 3 amide bonds. The smallest absolute Gasteiger partial charge is 0.234 e. The molecule has 0 unspecified atom stereocenters. The summed E-state index contributed by atoms with van der Waals surface area (Å²) in [6, 6.07) is 23.3. The van der Waals surface area contributed by atoms with Crippen LogP contribution in [0.2, 0.25) is 0 Å². The van der Waals surface area contributed by atoms with Crippen LogP contribution in [-0.2, 0) is 14.4 Å². The van der Waals surface area contributed by atoms with Gasteiger partial charge in [-0.25, -0.2) is 4.98 Å². The SMILES string of the molecule is Cc1cc(C)c(NC(=O)CSc2nc3ccc(NC(=O)CSCC(=O)Nc4cccc5ccccc45)cc3s2)c(C)c1. The highest BCUT2D eigenvalue weighted by molar-refractivity contribution is 8.01. The van der Waals surface area contributed by atoms with Crippen molar-refractivity contribution < 1.29 is 14.4 Å². The van der Waals surface area contributed by atoms with E-state index in [0.717, 1.165) is 47.8 Å². The van der Waals surface area contributed by atoms with Crippen LogP contribution in [0.15, 0.2) is 77.1 Å². The largest absolute Gasteiger partial charge is 0.325 e. The van der Waals surface area contributed by atoms with Gasteiger partial charge in [-0.2, -0.15) is 0 Å². The monoisotopic (exact) mass is 614 g/mol. The lowest BCUT2D eigenvalue weighted by atomic mass is 10.1. The molecule has 0 aliphatic heterocycles. The molecule has 0 fully saturated rings. The normalized spacial score (nSPS) is 11.0. The number of carbonyl (C=O) groups excluding carboxylic acids is 3. The van der Waals surface area contributed by atoms with Gasteiger partial charge in [-0.3, -0.25) is 14.4 Å². The molecule has 1 heterocycles. The summed E-state index contributed by atoms with van der Waals surface area (Å²) in [5, 5.41) is 10.9. The number of hydrogen-bond donors (Lipinski definition) is 3. The molecule has 0 bridgehead atoms. The summed E-state index contributed by atoms with van der Waals surface area (Å²) >= 11 is 4.13. The van der Waals surface area contributed by atoms with Crippen LogP contribution >= 0.6 is 34.9 Å². The number of anilines is 3. The highest BCUT2D eigenvalue weighted by Gasteiger charge is 2.13. The molecule has 5 rings (SSSR count). The van der Waals surface area contributed by atoms with Crippen LogP contribution < -0.4 is 16.0 Å². The number of thiazole rings is 1. The van der Waals surface area contributed by atoms with Gasteiger partial charge in [-0.1, -0.05) is 65.9 Å². The fourth-order valence-corrected chi connectivity index (χ4v) is 7.20. The van der Waals surface area contributed by atoms with E-state index < -0.39 is 0 Å². The Morgan fingerprint density at radius 3 is 2.24 bits per heavy atom. The van der Waals surface area contributed by atoms with Crippen LogP contribution in [0, 0.1) is 20.8 Å². The molecule has 3 N–H and O–H groups in total. The number of carbonyl (C=O) groups is 3. The Bertz CT molecular complexity index is 1770. The average molecular weight is 615 g/mol. The third-order valence-corrected chi connectivity index (χ3v) is 9.54. The molecule has 0 radical (unpaired) electrons. The number of hydrogen-bond acceptors (Lipinski definition) is 7. The Balaban J connectivity index is 1.09. The summed E-state index contributed by atoms with van der Waals surface area (Å²) in [6.07, 6.45) is 0. The molecule has 0 saturated carbocycles. The van der Waals surface area contributed by atoms with E-state index in [0.29, 0.717) is 5.69 Å². The van der Waals surface area contributed by atoms with E-state index in [1.807, 2.05) is 81.4 Å². The maximum atomic E-state index is 12.6. The maximum Gasteiger partial charge on any atom is 0.234 e. The number of fused-ring (bicyclic) bond motifs is 2. The predicted molar refractivity (Wildman–Crippen MR) is 178 cm³/mol. The van der Waals surface area contributed by atoms with Crippen LogP contribution in [-0.4, -0.2) is 40.0 Å². The van der Waals surface area contributed by atoms with Gasteiger partial charge in [0.25, 0.3) is 0 Å². The molecule has 0 spiro atoms. The summed E-state index contributed by atoms with van der Waals surface area (Å²) in [5.74, 6) is 0.154. The minimum atomic E-state index is -0.185. The Labute approximate surface area is 256 Å². The number of nitrogens with zero attached hydrogens (tertiary/aromatic N) is 1. The van der Waals surface area contributed by atoms with Crippen molar-refractivity contribution in [3.05, 3.63) is 89.5 Å². The third kappa shape index (κ3) is 7.50. The van der Waals surface area contributed by atoms with Crippen LogP contribution in [0.3, 0.4) is 0 Å². The molecule has 1 aromatic heterocycles. The summed E-state index contributed by atoms with van der Waals surface area (Å²) in [6.45, 7) is 6.03. The van der Waals surface area contributed by atoms with Crippen molar-refractivity contribution in [2.75, 3.05) is 33.2 Å². The Morgan fingerprint density at radius 2 is 1.45 bits per heavy atom. The number of rotatable bonds is 10. The van der Waals surface area contributed by atoms with Crippen molar-refractivity contribution in [1.29, 1.82) is 0 Å². The van der Waals surface area contributed by atoms with Gasteiger partial charge in [0, 0.05) is 22.4 Å². The Morgan fingerprint density at radius 1 is 0.762 bits per heavy atom. The first-order chi connectivity index (χ1) is 20.2. The molecular formula is C32H30N4O3S3. The van der Waals surface area contributed by atoms with Gasteiger partial charge < -0.3 is 16.0 Å². The predicted octanol–water partition coefficient (Wildman–Crippen LogP) is 7.42. The zero-order chi connectivity index (χ0) is 29.6. The molecule has 42 heavy (non-hydrogen) atoms. The standard InChI is InChI=1S/C32H30N4O3S3/c1-19-13-20(2)31(21(3)14-19)36-30(39)18-41-32-35-26-12-11-23(15-27(26)42-32)33-28(37)16-40-17-29(38)34-25-10-6-8-22-7-4-5-9-24(22)25/h4-15H,16-18H2,1-3H3,(H,33,37)(H,34,38)(H,36,39). The van der Waals surface area contributed by atoms with Crippen LogP contribution in [0.1, 0.15) is 16.7 Å². The first kappa shape index (κ1) is 29.6. The molecule has 5 aromatic rings. The molecule has 0 atom stereocenters. The Kier molecular flexibility index (Phi) is 9.46. The summed E-state index contributed by atoms with van der Waals surface area (Å²) in [4.78, 5) is 42.2. The lowest BCUT2D eigenvalue weighted by molar-refractivity contribution is -0.114. The van der Waals surface area contributed by atoms with Crippen LogP contribution in [0.5, 0.6) is 0 Å². The second-order valence-corrected chi connectivity index (χ2v) is 13.1. The van der Waals surface area contributed by atoms with E-state index in [-0.39, 0.29) is 35.0 Å². The van der Waals surface area contributed by atoms with E-state index in [9.17, 15) is 14.4 Å². The first-order valence-corrected chi connectivity index (χ1v) is 16.3. The first-order valence-electron chi connectivity index (χ1n) is 13.3. The van der Waals surface area contributed by atoms with Crippen molar-refractivity contribution in [3.63, 3.8) is 0 Å². The lowest BCUT2D eigenvalue weighted by Crippen LogP contribution is -2.18. The van der Waals surface area contributed by atoms with E-state index in [4.69, 9.17) is 0 Å². The average Bonchev–Trinajstić information content (AvgIpc) is 3.36. The van der Waals surface area contributed by atoms with Gasteiger partial charge in [0.1, 0.15) is 0 Å². The molecule has 10 heteroatoms. The van der Waals surface area contributed by atoms with Crippen LogP contribution in [0.4, 0.5) is 17.1 Å². The Hall–Kier alpha value is -3.86.